The number of rotatable bonds is 3. The van der Waals surface area contributed by atoms with E-state index < -0.39 is 0 Å². The van der Waals surface area contributed by atoms with E-state index in [0.717, 1.165) is 33.3 Å². The Morgan fingerprint density at radius 3 is 2.70 bits per heavy atom. The lowest BCUT2D eigenvalue weighted by Gasteiger charge is -2.04. The molecule has 0 saturated carbocycles. The molecule has 0 amide bonds. The van der Waals surface area contributed by atoms with Crippen molar-refractivity contribution in [2.24, 2.45) is 0 Å². The third kappa shape index (κ3) is 2.36. The van der Waals surface area contributed by atoms with Gasteiger partial charge >= 0.3 is 0 Å². The van der Waals surface area contributed by atoms with Crippen molar-refractivity contribution in [1.82, 2.24) is 25.0 Å². The first-order valence-electron chi connectivity index (χ1n) is 8.46. The molecular weight excluding hydrogens is 342 g/mol. The molecule has 0 unspecified atom stereocenters. The van der Waals surface area contributed by atoms with E-state index in [9.17, 15) is 0 Å². The van der Waals surface area contributed by atoms with Crippen LogP contribution in [0.5, 0.6) is 5.75 Å². The number of methoxy groups -OCH3 is 1. The highest BCUT2D eigenvalue weighted by Gasteiger charge is 2.22. The van der Waals surface area contributed by atoms with E-state index in [1.165, 1.54) is 0 Å². The van der Waals surface area contributed by atoms with Gasteiger partial charge < -0.3 is 9.26 Å². The average molecular weight is 357 g/mol. The summed E-state index contributed by atoms with van der Waals surface area (Å²) >= 11 is 0. The monoisotopic (exact) mass is 357 g/mol. The maximum atomic E-state index is 5.47. The van der Waals surface area contributed by atoms with Gasteiger partial charge in [-0.3, -0.25) is 0 Å². The summed E-state index contributed by atoms with van der Waals surface area (Å²) in [6, 6.07) is 15.6. The molecule has 3 aromatic heterocycles. The van der Waals surface area contributed by atoms with E-state index in [1.807, 2.05) is 55.5 Å². The van der Waals surface area contributed by atoms with Gasteiger partial charge in [0.05, 0.1) is 18.9 Å². The molecule has 0 radical (unpaired) electrons. The molecule has 5 aromatic rings. The lowest BCUT2D eigenvalue weighted by Crippen LogP contribution is -1.97. The minimum atomic E-state index is 0.590. The summed E-state index contributed by atoms with van der Waals surface area (Å²) in [6.07, 6.45) is 1.79. The Hall–Kier alpha value is -3.74. The molecule has 27 heavy (non-hydrogen) atoms. The first kappa shape index (κ1) is 15.5. The quantitative estimate of drug-likeness (QED) is 0.487. The summed E-state index contributed by atoms with van der Waals surface area (Å²) < 4.78 is 12.5. The Morgan fingerprint density at radius 2 is 1.89 bits per heavy atom. The molecule has 0 aliphatic carbocycles. The van der Waals surface area contributed by atoms with Crippen molar-refractivity contribution in [3.05, 3.63) is 60.5 Å². The third-order valence-corrected chi connectivity index (χ3v) is 4.59. The summed E-state index contributed by atoms with van der Waals surface area (Å²) in [5, 5.41) is 19.4. The summed E-state index contributed by atoms with van der Waals surface area (Å²) in [6.45, 7) is 1.86. The van der Waals surface area contributed by atoms with Crippen LogP contribution in [0, 0.1) is 6.92 Å². The Bertz CT molecular complexity index is 1270. The summed E-state index contributed by atoms with van der Waals surface area (Å²) in [7, 11) is 1.64. The second-order valence-electron chi connectivity index (χ2n) is 6.19. The molecule has 0 N–H and O–H groups in total. The van der Waals surface area contributed by atoms with E-state index in [1.54, 1.807) is 17.8 Å². The van der Waals surface area contributed by atoms with Crippen LogP contribution in [-0.4, -0.2) is 32.1 Å². The second kappa shape index (κ2) is 5.91. The highest BCUT2D eigenvalue weighted by Crippen LogP contribution is 2.34. The predicted molar refractivity (Wildman–Crippen MR) is 101 cm³/mol. The van der Waals surface area contributed by atoms with Crippen LogP contribution in [0.4, 0.5) is 0 Å². The van der Waals surface area contributed by atoms with Crippen molar-refractivity contribution in [3.8, 4) is 28.4 Å². The molecular formula is C20H15N5O2. The number of aryl methyl sites for hydroxylation is 1. The molecule has 132 valence electrons. The molecule has 0 aliphatic heterocycles. The highest BCUT2D eigenvalue weighted by atomic mass is 16.5. The molecule has 0 aliphatic rings. The van der Waals surface area contributed by atoms with Crippen LogP contribution in [0.15, 0.2) is 59.3 Å². The number of nitrogens with zero attached hydrogens (tertiary/aromatic N) is 5. The van der Waals surface area contributed by atoms with Crippen LogP contribution < -0.4 is 4.74 Å². The molecule has 0 saturated heterocycles. The molecule has 3 heterocycles. The topological polar surface area (TPSA) is 78.3 Å². The zero-order chi connectivity index (χ0) is 18.4. The largest absolute Gasteiger partial charge is 0.497 e. The van der Waals surface area contributed by atoms with Gasteiger partial charge in [-0.25, -0.2) is 0 Å². The van der Waals surface area contributed by atoms with Crippen LogP contribution in [0.25, 0.3) is 39.1 Å². The van der Waals surface area contributed by atoms with Crippen LogP contribution in [0.3, 0.4) is 0 Å². The van der Waals surface area contributed by atoms with Gasteiger partial charge in [-0.05, 0) is 25.1 Å². The van der Waals surface area contributed by atoms with Gasteiger partial charge in [-0.15, -0.1) is 10.2 Å². The number of ether oxygens (including phenoxy) is 1. The number of fused-ring (bicyclic) bond motifs is 3. The minimum absolute atomic E-state index is 0.590. The highest BCUT2D eigenvalue weighted by molar-refractivity contribution is 5.95. The van der Waals surface area contributed by atoms with Crippen molar-refractivity contribution >= 4 is 16.4 Å². The van der Waals surface area contributed by atoms with Crippen LogP contribution >= 0.6 is 0 Å². The van der Waals surface area contributed by atoms with Crippen molar-refractivity contribution < 1.29 is 9.26 Å². The van der Waals surface area contributed by atoms with Gasteiger partial charge in [0.2, 0.25) is 0 Å². The number of hydrogen-bond donors (Lipinski definition) is 0. The second-order valence-corrected chi connectivity index (χ2v) is 6.19. The Labute approximate surface area is 154 Å². The van der Waals surface area contributed by atoms with Crippen LogP contribution in [0.2, 0.25) is 0 Å². The van der Waals surface area contributed by atoms with Gasteiger partial charge in [0.25, 0.3) is 0 Å². The fraction of sp³-hybridized carbons (Fsp3) is 0.100. The molecule has 7 heteroatoms. The predicted octanol–water partition coefficient (Wildman–Crippen LogP) is 3.92. The van der Waals surface area contributed by atoms with Crippen molar-refractivity contribution in [1.29, 1.82) is 0 Å². The Kier molecular flexibility index (Phi) is 3.39. The minimum Gasteiger partial charge on any atom is -0.497 e. The summed E-state index contributed by atoms with van der Waals surface area (Å²) in [5.41, 5.74) is 3.10. The van der Waals surface area contributed by atoms with E-state index in [0.29, 0.717) is 17.2 Å². The van der Waals surface area contributed by atoms with Crippen molar-refractivity contribution in [3.63, 3.8) is 0 Å². The van der Waals surface area contributed by atoms with E-state index in [4.69, 9.17) is 9.26 Å². The average Bonchev–Trinajstić information content (AvgIpc) is 3.31. The first-order chi connectivity index (χ1) is 13.3. The molecule has 0 fully saturated rings. The standard InChI is InChI=1S/C20H15N5O2/c1-12-17(18(24-27-12)13-6-4-3-5-7-13)20-23-22-19-16-10-15(26-2)9-8-14(16)11-21-25(19)20/h3-11H,1-2H3. The fourth-order valence-electron chi connectivity index (χ4n) is 3.23. The molecule has 0 bridgehead atoms. The van der Waals surface area contributed by atoms with E-state index >= 15 is 0 Å². The maximum absolute atomic E-state index is 5.47. The SMILES string of the molecule is COc1ccc2cnn3c(-c4c(-c5ccccc5)noc4C)nnc3c2c1. The molecule has 7 nitrogen and oxygen atoms in total. The fourth-order valence-corrected chi connectivity index (χ4v) is 3.23. The number of aromatic nitrogens is 5. The van der Waals surface area contributed by atoms with Gasteiger partial charge in [0.1, 0.15) is 17.2 Å². The Morgan fingerprint density at radius 1 is 1.04 bits per heavy atom. The zero-order valence-corrected chi connectivity index (χ0v) is 14.7. The van der Waals surface area contributed by atoms with Gasteiger partial charge in [-0.1, -0.05) is 35.5 Å². The molecule has 0 spiro atoms. The normalized spacial score (nSPS) is 11.3. The number of benzene rings is 2. The smallest absolute Gasteiger partial charge is 0.191 e. The van der Waals surface area contributed by atoms with E-state index in [-0.39, 0.29) is 0 Å². The van der Waals surface area contributed by atoms with Crippen LogP contribution in [-0.2, 0) is 0 Å². The third-order valence-electron chi connectivity index (χ3n) is 4.59. The zero-order valence-electron chi connectivity index (χ0n) is 14.7. The molecule has 5 rings (SSSR count). The lowest BCUT2D eigenvalue weighted by atomic mass is 10.1. The van der Waals surface area contributed by atoms with Crippen LogP contribution in [0.1, 0.15) is 5.76 Å². The summed E-state index contributed by atoms with van der Waals surface area (Å²) in [4.78, 5) is 0. The number of hydrogen-bond acceptors (Lipinski definition) is 6. The Balaban J connectivity index is 1.78. The van der Waals surface area contributed by atoms with Gasteiger partial charge in [0, 0.05) is 16.3 Å². The molecule has 0 atom stereocenters. The van der Waals surface area contributed by atoms with Crippen molar-refractivity contribution in [2.75, 3.05) is 7.11 Å². The van der Waals surface area contributed by atoms with Gasteiger partial charge in [-0.2, -0.15) is 9.61 Å². The maximum Gasteiger partial charge on any atom is 0.191 e. The summed E-state index contributed by atoms with van der Waals surface area (Å²) in [5.74, 6) is 2.01. The van der Waals surface area contributed by atoms with Crippen molar-refractivity contribution in [2.45, 2.75) is 6.92 Å². The molecule has 2 aromatic carbocycles. The van der Waals surface area contributed by atoms with E-state index in [2.05, 4.69) is 20.5 Å². The lowest BCUT2D eigenvalue weighted by molar-refractivity contribution is 0.400. The first-order valence-corrected chi connectivity index (χ1v) is 8.46. The van der Waals surface area contributed by atoms with Gasteiger partial charge in [0.15, 0.2) is 11.5 Å².